The van der Waals surface area contributed by atoms with Crippen molar-refractivity contribution in [3.05, 3.63) is 9.15 Å². The molecule has 1 aliphatic rings. The molecule has 0 radical (unpaired) electrons. The maximum Gasteiger partial charge on any atom is 0.160 e. The lowest BCUT2D eigenvalue weighted by Crippen LogP contribution is -2.04. The van der Waals surface area contributed by atoms with Crippen LogP contribution < -0.4 is 0 Å². The third-order valence-electron chi connectivity index (χ3n) is 2.71. The molecule has 0 unspecified atom stereocenters. The van der Waals surface area contributed by atoms with E-state index in [9.17, 15) is 4.79 Å². The van der Waals surface area contributed by atoms with E-state index in [2.05, 4.69) is 43.4 Å². The van der Waals surface area contributed by atoms with Gasteiger partial charge in [-0.25, -0.2) is 0 Å². The van der Waals surface area contributed by atoms with E-state index in [-0.39, 0.29) is 5.41 Å². The first-order valence-electron chi connectivity index (χ1n) is 5.37. The van der Waals surface area contributed by atoms with Crippen molar-refractivity contribution in [3.63, 3.8) is 0 Å². The van der Waals surface area contributed by atoms with E-state index in [1.165, 1.54) is 16.4 Å². The smallest absolute Gasteiger partial charge is 0.160 e. The summed E-state index contributed by atoms with van der Waals surface area (Å²) < 4.78 is 1.31. The summed E-state index contributed by atoms with van der Waals surface area (Å²) in [5.41, 5.74) is 1.32. The molecule has 0 saturated heterocycles. The summed E-state index contributed by atoms with van der Waals surface area (Å²) >= 11 is 2.36. The molecule has 1 fully saturated rings. The number of carbonyl (C=O) groups excluding carboxylic acids is 1. The molecule has 0 aromatic heterocycles. The fourth-order valence-electron chi connectivity index (χ4n) is 1.91. The van der Waals surface area contributed by atoms with Gasteiger partial charge < -0.3 is 0 Å². The molecule has 0 aliphatic heterocycles. The highest BCUT2D eigenvalue weighted by molar-refractivity contribution is 14.1. The molecule has 0 N–H and O–H groups in total. The molecule has 0 heterocycles. The van der Waals surface area contributed by atoms with E-state index in [0.717, 1.165) is 24.8 Å². The highest BCUT2D eigenvalue weighted by Crippen LogP contribution is 2.41. The van der Waals surface area contributed by atoms with Gasteiger partial charge in [0.05, 0.1) is 0 Å². The minimum atomic E-state index is 0.203. The Hall–Kier alpha value is 0.140. The number of unbranched alkanes of at least 4 members (excludes halogenated alkanes) is 1. The Labute approximate surface area is 100 Å². The van der Waals surface area contributed by atoms with Gasteiger partial charge in [-0.2, -0.15) is 0 Å². The monoisotopic (exact) mass is 306 g/mol. The van der Waals surface area contributed by atoms with Crippen molar-refractivity contribution in [1.29, 1.82) is 0 Å². The van der Waals surface area contributed by atoms with Gasteiger partial charge in [0.15, 0.2) is 5.78 Å². The number of halogens is 1. The summed E-state index contributed by atoms with van der Waals surface area (Å²) in [5, 5.41) is 0. The molecule has 0 bridgehead atoms. The van der Waals surface area contributed by atoms with E-state index in [0.29, 0.717) is 5.78 Å². The average molecular weight is 306 g/mol. The quantitative estimate of drug-likeness (QED) is 0.562. The van der Waals surface area contributed by atoms with Gasteiger partial charge in [0.25, 0.3) is 0 Å². The standard InChI is InChI=1S/C12H19IO/c1-4-5-6-10(13)9-7-12(2,3)8-11(9)14/h4-8H2,1-3H3/b10-9+. The molecule has 1 saturated carbocycles. The molecule has 80 valence electrons. The number of hydrogen-bond donors (Lipinski definition) is 0. The van der Waals surface area contributed by atoms with Crippen LogP contribution in [0.1, 0.15) is 52.9 Å². The summed E-state index contributed by atoms with van der Waals surface area (Å²) in [4.78, 5) is 11.7. The first kappa shape index (κ1) is 12.2. The zero-order valence-corrected chi connectivity index (χ0v) is 11.5. The van der Waals surface area contributed by atoms with Crippen LogP contribution in [0.25, 0.3) is 0 Å². The van der Waals surface area contributed by atoms with Crippen LogP contribution in [0.4, 0.5) is 0 Å². The van der Waals surface area contributed by atoms with Crippen LogP contribution >= 0.6 is 22.6 Å². The van der Waals surface area contributed by atoms with Crippen LogP contribution in [0.5, 0.6) is 0 Å². The van der Waals surface area contributed by atoms with Crippen molar-refractivity contribution in [1.82, 2.24) is 0 Å². The molecule has 1 nitrogen and oxygen atoms in total. The topological polar surface area (TPSA) is 17.1 Å². The molecule has 0 aromatic carbocycles. The Balaban J connectivity index is 2.72. The second kappa shape index (κ2) is 4.77. The second-order valence-electron chi connectivity index (χ2n) is 4.93. The Morgan fingerprint density at radius 2 is 2.07 bits per heavy atom. The fraction of sp³-hybridized carbons (Fsp3) is 0.750. The third-order valence-corrected chi connectivity index (χ3v) is 3.90. The Morgan fingerprint density at radius 3 is 2.50 bits per heavy atom. The number of hydrogen-bond acceptors (Lipinski definition) is 1. The molecule has 14 heavy (non-hydrogen) atoms. The Morgan fingerprint density at radius 1 is 1.43 bits per heavy atom. The first-order chi connectivity index (χ1) is 6.46. The molecule has 0 atom stereocenters. The van der Waals surface area contributed by atoms with E-state index in [1.54, 1.807) is 0 Å². The molecule has 0 aromatic rings. The van der Waals surface area contributed by atoms with Gasteiger partial charge in [0.1, 0.15) is 0 Å². The third kappa shape index (κ3) is 3.07. The normalized spacial score (nSPS) is 24.1. The van der Waals surface area contributed by atoms with Crippen LogP contribution in [0.2, 0.25) is 0 Å². The predicted molar refractivity (Wildman–Crippen MR) is 68.6 cm³/mol. The second-order valence-corrected chi connectivity index (χ2v) is 6.23. The molecule has 0 amide bonds. The van der Waals surface area contributed by atoms with Gasteiger partial charge in [-0.1, -0.05) is 27.2 Å². The summed E-state index contributed by atoms with van der Waals surface area (Å²) in [7, 11) is 0. The molecular weight excluding hydrogens is 287 g/mol. The average Bonchev–Trinajstić information content (AvgIpc) is 2.35. The van der Waals surface area contributed by atoms with E-state index >= 15 is 0 Å². The van der Waals surface area contributed by atoms with Crippen LogP contribution in [0, 0.1) is 5.41 Å². The number of ketones is 1. The Bertz CT molecular complexity index is 263. The Kier molecular flexibility index (Phi) is 4.16. The lowest BCUT2D eigenvalue weighted by Gasteiger charge is -2.13. The largest absolute Gasteiger partial charge is 0.295 e. The van der Waals surface area contributed by atoms with E-state index < -0.39 is 0 Å². The maximum absolute atomic E-state index is 11.7. The van der Waals surface area contributed by atoms with Gasteiger partial charge in [-0.05, 0) is 50.8 Å². The zero-order valence-electron chi connectivity index (χ0n) is 9.32. The lowest BCUT2D eigenvalue weighted by atomic mass is 9.91. The van der Waals surface area contributed by atoms with Crippen molar-refractivity contribution in [2.24, 2.45) is 5.41 Å². The predicted octanol–water partition coefficient (Wildman–Crippen LogP) is 4.25. The van der Waals surface area contributed by atoms with Crippen LogP contribution in [0.15, 0.2) is 9.15 Å². The minimum Gasteiger partial charge on any atom is -0.295 e. The molecular formula is C12H19IO. The van der Waals surface area contributed by atoms with Crippen molar-refractivity contribution in [2.45, 2.75) is 52.9 Å². The van der Waals surface area contributed by atoms with Crippen molar-refractivity contribution in [3.8, 4) is 0 Å². The van der Waals surface area contributed by atoms with Gasteiger partial charge in [0, 0.05) is 12.0 Å². The molecule has 1 aliphatic carbocycles. The minimum absolute atomic E-state index is 0.203. The fourth-order valence-corrected chi connectivity index (χ4v) is 2.78. The van der Waals surface area contributed by atoms with Gasteiger partial charge in [-0.3, -0.25) is 4.79 Å². The summed E-state index contributed by atoms with van der Waals surface area (Å²) in [6.45, 7) is 6.55. The van der Waals surface area contributed by atoms with Gasteiger partial charge >= 0.3 is 0 Å². The van der Waals surface area contributed by atoms with Crippen LogP contribution in [-0.2, 0) is 4.79 Å². The molecule has 0 spiro atoms. The first-order valence-corrected chi connectivity index (χ1v) is 6.45. The number of Topliss-reactive ketones (excluding diaryl/α,β-unsaturated/α-hetero) is 1. The van der Waals surface area contributed by atoms with E-state index in [4.69, 9.17) is 0 Å². The van der Waals surface area contributed by atoms with E-state index in [1.807, 2.05) is 0 Å². The highest BCUT2D eigenvalue weighted by atomic mass is 127. The zero-order chi connectivity index (χ0) is 10.8. The number of carbonyl (C=O) groups is 1. The number of rotatable bonds is 3. The van der Waals surface area contributed by atoms with Crippen molar-refractivity contribution in [2.75, 3.05) is 0 Å². The maximum atomic E-state index is 11.7. The number of allylic oxidation sites excluding steroid dienone is 2. The summed E-state index contributed by atoms with van der Waals surface area (Å²) in [6, 6.07) is 0. The van der Waals surface area contributed by atoms with Crippen LogP contribution in [-0.4, -0.2) is 5.78 Å². The highest BCUT2D eigenvalue weighted by Gasteiger charge is 2.34. The van der Waals surface area contributed by atoms with Crippen molar-refractivity contribution >= 4 is 28.4 Å². The van der Waals surface area contributed by atoms with Crippen LogP contribution in [0.3, 0.4) is 0 Å². The summed E-state index contributed by atoms with van der Waals surface area (Å²) in [6.07, 6.45) is 5.22. The van der Waals surface area contributed by atoms with Gasteiger partial charge in [0.2, 0.25) is 0 Å². The molecule has 1 rings (SSSR count). The van der Waals surface area contributed by atoms with Crippen molar-refractivity contribution < 1.29 is 4.79 Å². The SMILES string of the molecule is CCCC/C(I)=C1/CC(C)(C)CC1=O. The molecule has 2 heteroatoms. The summed E-state index contributed by atoms with van der Waals surface area (Å²) in [5.74, 6) is 0.385. The lowest BCUT2D eigenvalue weighted by molar-refractivity contribution is -0.115. The van der Waals surface area contributed by atoms with Gasteiger partial charge in [-0.15, -0.1) is 0 Å².